The van der Waals surface area contributed by atoms with E-state index in [0.29, 0.717) is 16.0 Å². The zero-order valence-corrected chi connectivity index (χ0v) is 8.71. The highest BCUT2D eigenvalue weighted by atomic mass is 32.2. The Bertz CT molecular complexity index is 434. The van der Waals surface area contributed by atoms with Crippen LogP contribution in [0.5, 0.6) is 0 Å². The lowest BCUT2D eigenvalue weighted by Crippen LogP contribution is -2.32. The SMILES string of the molecule is CSC(=O)N1C(=O)c2ccccc2C1=O. The number of hydrogen-bond acceptors (Lipinski definition) is 4. The minimum absolute atomic E-state index is 0.296. The lowest BCUT2D eigenvalue weighted by Gasteiger charge is -2.08. The molecule has 0 radical (unpaired) electrons. The van der Waals surface area contributed by atoms with Gasteiger partial charge in [-0.1, -0.05) is 23.9 Å². The van der Waals surface area contributed by atoms with Crippen LogP contribution in [0.15, 0.2) is 24.3 Å². The second-order valence-corrected chi connectivity index (χ2v) is 3.72. The molecule has 76 valence electrons. The van der Waals surface area contributed by atoms with Crippen molar-refractivity contribution in [1.29, 1.82) is 0 Å². The quantitative estimate of drug-likeness (QED) is 0.626. The smallest absolute Gasteiger partial charge is 0.268 e. The fourth-order valence-corrected chi connectivity index (χ4v) is 1.79. The Morgan fingerprint density at radius 1 is 1.13 bits per heavy atom. The van der Waals surface area contributed by atoms with E-state index in [2.05, 4.69) is 0 Å². The number of fused-ring (bicyclic) bond motifs is 1. The van der Waals surface area contributed by atoms with E-state index < -0.39 is 17.1 Å². The van der Waals surface area contributed by atoms with Crippen molar-refractivity contribution in [1.82, 2.24) is 4.90 Å². The van der Waals surface area contributed by atoms with E-state index in [1.165, 1.54) is 6.26 Å². The summed E-state index contributed by atoms with van der Waals surface area (Å²) in [5.41, 5.74) is 0.592. The van der Waals surface area contributed by atoms with Gasteiger partial charge in [0.15, 0.2) is 0 Å². The fourth-order valence-electron chi connectivity index (χ4n) is 1.45. The number of imide groups is 3. The number of thioether (sulfide) groups is 1. The number of amides is 3. The molecular weight excluding hydrogens is 214 g/mol. The Morgan fingerprint density at radius 3 is 2.00 bits per heavy atom. The normalized spacial score (nSPS) is 14.3. The highest BCUT2D eigenvalue weighted by Gasteiger charge is 2.39. The van der Waals surface area contributed by atoms with E-state index in [1.807, 2.05) is 0 Å². The Kier molecular flexibility index (Phi) is 2.32. The molecule has 1 aliphatic heterocycles. The molecule has 0 fully saturated rings. The van der Waals surface area contributed by atoms with E-state index in [1.54, 1.807) is 24.3 Å². The van der Waals surface area contributed by atoms with Crippen LogP contribution in [0.2, 0.25) is 0 Å². The standard InChI is InChI=1S/C10H7NO3S/c1-15-10(14)11-8(12)6-4-2-3-5-7(6)9(11)13/h2-5H,1H3. The zero-order chi connectivity index (χ0) is 11.0. The molecule has 0 unspecified atom stereocenters. The molecule has 0 aromatic heterocycles. The molecule has 5 heteroatoms. The molecule has 0 saturated carbocycles. The highest BCUT2D eigenvalue weighted by Crippen LogP contribution is 2.24. The molecule has 3 amide bonds. The van der Waals surface area contributed by atoms with E-state index in [4.69, 9.17) is 0 Å². The molecule has 1 heterocycles. The van der Waals surface area contributed by atoms with Gasteiger partial charge in [0.2, 0.25) is 0 Å². The summed E-state index contributed by atoms with van der Waals surface area (Å²) in [6, 6.07) is 6.42. The van der Waals surface area contributed by atoms with Crippen LogP contribution >= 0.6 is 11.8 Å². The molecule has 0 spiro atoms. The maximum atomic E-state index is 11.7. The summed E-state index contributed by atoms with van der Waals surface area (Å²) in [6.45, 7) is 0. The van der Waals surface area contributed by atoms with Crippen molar-refractivity contribution >= 4 is 28.8 Å². The first kappa shape index (κ1) is 9.92. The number of hydrogen-bond donors (Lipinski definition) is 0. The first-order valence-electron chi connectivity index (χ1n) is 4.22. The number of rotatable bonds is 0. The Morgan fingerprint density at radius 2 is 1.60 bits per heavy atom. The average molecular weight is 221 g/mol. The van der Waals surface area contributed by atoms with Crippen LogP contribution in [0.25, 0.3) is 0 Å². The topological polar surface area (TPSA) is 54.5 Å². The maximum absolute atomic E-state index is 11.7. The third-order valence-electron chi connectivity index (χ3n) is 2.15. The van der Waals surface area contributed by atoms with Crippen molar-refractivity contribution in [3.05, 3.63) is 35.4 Å². The van der Waals surface area contributed by atoms with Crippen LogP contribution < -0.4 is 0 Å². The molecule has 1 aromatic rings. The molecule has 1 aromatic carbocycles. The van der Waals surface area contributed by atoms with Crippen molar-refractivity contribution in [3.8, 4) is 0 Å². The summed E-state index contributed by atoms with van der Waals surface area (Å²) in [5.74, 6) is -1.06. The zero-order valence-electron chi connectivity index (χ0n) is 7.89. The van der Waals surface area contributed by atoms with Crippen LogP contribution in [0, 0.1) is 0 Å². The van der Waals surface area contributed by atoms with E-state index in [9.17, 15) is 14.4 Å². The van der Waals surface area contributed by atoms with Gasteiger partial charge in [-0.25, -0.2) is 4.90 Å². The predicted molar refractivity (Wildman–Crippen MR) is 55.9 cm³/mol. The van der Waals surface area contributed by atoms with Gasteiger partial charge in [0.1, 0.15) is 0 Å². The van der Waals surface area contributed by atoms with Crippen molar-refractivity contribution in [2.24, 2.45) is 0 Å². The van der Waals surface area contributed by atoms with Gasteiger partial charge in [-0.15, -0.1) is 0 Å². The first-order chi connectivity index (χ1) is 7.16. The molecule has 0 saturated heterocycles. The molecule has 0 N–H and O–H groups in total. The van der Waals surface area contributed by atoms with Crippen LogP contribution in [-0.4, -0.2) is 28.2 Å². The van der Waals surface area contributed by atoms with Gasteiger partial charge in [-0.3, -0.25) is 14.4 Å². The maximum Gasteiger partial charge on any atom is 0.295 e. The lowest BCUT2D eigenvalue weighted by atomic mass is 10.1. The second-order valence-electron chi connectivity index (χ2n) is 2.96. The number of benzene rings is 1. The largest absolute Gasteiger partial charge is 0.295 e. The van der Waals surface area contributed by atoms with E-state index in [-0.39, 0.29) is 0 Å². The molecule has 4 nitrogen and oxygen atoms in total. The summed E-state index contributed by atoms with van der Waals surface area (Å²) >= 11 is 0.846. The molecule has 2 rings (SSSR count). The highest BCUT2D eigenvalue weighted by molar-refractivity contribution is 8.13. The molecule has 0 bridgehead atoms. The van der Waals surface area contributed by atoms with Crippen LogP contribution in [0.4, 0.5) is 4.79 Å². The van der Waals surface area contributed by atoms with Gasteiger partial charge < -0.3 is 0 Å². The summed E-state index contributed by atoms with van der Waals surface area (Å²) in [5, 5.41) is -0.541. The number of nitrogens with zero attached hydrogens (tertiary/aromatic N) is 1. The monoisotopic (exact) mass is 221 g/mol. The number of carbonyl (C=O) groups excluding carboxylic acids is 3. The third kappa shape index (κ3) is 1.35. The Balaban J connectivity index is 2.50. The van der Waals surface area contributed by atoms with Gasteiger partial charge in [0.05, 0.1) is 11.1 Å². The van der Waals surface area contributed by atoms with Crippen molar-refractivity contribution in [2.75, 3.05) is 6.26 Å². The van der Waals surface area contributed by atoms with E-state index >= 15 is 0 Å². The van der Waals surface area contributed by atoms with Crippen molar-refractivity contribution < 1.29 is 14.4 Å². The third-order valence-corrected chi connectivity index (χ3v) is 2.68. The van der Waals surface area contributed by atoms with Crippen LogP contribution in [0.1, 0.15) is 20.7 Å². The van der Waals surface area contributed by atoms with Gasteiger partial charge >= 0.3 is 0 Å². The summed E-state index contributed by atoms with van der Waals surface area (Å²) in [4.78, 5) is 35.4. The van der Waals surface area contributed by atoms with Gasteiger partial charge in [0, 0.05) is 0 Å². The van der Waals surface area contributed by atoms with Crippen molar-refractivity contribution in [3.63, 3.8) is 0 Å². The fraction of sp³-hybridized carbons (Fsp3) is 0.100. The Hall–Kier alpha value is -1.62. The Labute approximate surface area is 90.3 Å². The predicted octanol–water partition coefficient (Wildman–Crippen LogP) is 1.77. The molecule has 1 aliphatic rings. The minimum atomic E-state index is -0.541. The summed E-state index contributed by atoms with van der Waals surface area (Å²) < 4.78 is 0. The first-order valence-corrected chi connectivity index (χ1v) is 5.45. The molecule has 15 heavy (non-hydrogen) atoms. The molecule has 0 aliphatic carbocycles. The lowest BCUT2D eigenvalue weighted by molar-refractivity contribution is 0.0722. The molecular formula is C10H7NO3S. The van der Waals surface area contributed by atoms with Gasteiger partial charge in [-0.05, 0) is 18.4 Å². The van der Waals surface area contributed by atoms with Gasteiger partial charge in [0.25, 0.3) is 17.1 Å². The molecule has 0 atom stereocenters. The minimum Gasteiger partial charge on any atom is -0.268 e. The van der Waals surface area contributed by atoms with Crippen LogP contribution in [0.3, 0.4) is 0 Å². The van der Waals surface area contributed by atoms with Crippen LogP contribution in [-0.2, 0) is 0 Å². The van der Waals surface area contributed by atoms with Gasteiger partial charge in [-0.2, -0.15) is 0 Å². The number of carbonyl (C=O) groups is 3. The summed E-state index contributed by atoms with van der Waals surface area (Å²) in [7, 11) is 0. The second kappa shape index (κ2) is 3.51. The van der Waals surface area contributed by atoms with Crippen molar-refractivity contribution in [2.45, 2.75) is 0 Å². The summed E-state index contributed by atoms with van der Waals surface area (Å²) in [6.07, 6.45) is 1.53. The average Bonchev–Trinajstić information content (AvgIpc) is 2.52. The van der Waals surface area contributed by atoms with E-state index in [0.717, 1.165) is 11.8 Å².